The number of amides is 2. The number of aliphatic hydroxyl groups is 1. The van der Waals surface area contributed by atoms with Crippen LogP contribution >= 0.6 is 0 Å². The Labute approximate surface area is 129 Å². The van der Waals surface area contributed by atoms with E-state index in [0.29, 0.717) is 19.1 Å². The largest absolute Gasteiger partial charge is 0.389 e. The van der Waals surface area contributed by atoms with E-state index in [4.69, 9.17) is 0 Å². The van der Waals surface area contributed by atoms with Crippen molar-refractivity contribution in [2.75, 3.05) is 33.2 Å². The van der Waals surface area contributed by atoms with E-state index in [1.165, 1.54) is 32.1 Å². The smallest absolute Gasteiger partial charge is 0.317 e. The van der Waals surface area contributed by atoms with Gasteiger partial charge in [-0.25, -0.2) is 4.79 Å². The third kappa shape index (κ3) is 7.14. The van der Waals surface area contributed by atoms with E-state index in [1.807, 2.05) is 0 Å². The Morgan fingerprint density at radius 1 is 1.43 bits per heavy atom. The zero-order chi connectivity index (χ0) is 15.9. The topological polar surface area (TPSA) is 55.8 Å². The summed E-state index contributed by atoms with van der Waals surface area (Å²) in [7, 11) is 1.73. The minimum Gasteiger partial charge on any atom is -0.389 e. The van der Waals surface area contributed by atoms with Crippen molar-refractivity contribution in [1.29, 1.82) is 0 Å². The lowest BCUT2D eigenvalue weighted by Crippen LogP contribution is -2.50. The van der Waals surface area contributed by atoms with Crippen molar-refractivity contribution in [2.24, 2.45) is 0 Å². The van der Waals surface area contributed by atoms with Crippen LogP contribution in [0.1, 0.15) is 52.9 Å². The average molecular weight is 299 g/mol. The highest BCUT2D eigenvalue weighted by Gasteiger charge is 2.24. The van der Waals surface area contributed by atoms with Gasteiger partial charge in [0.15, 0.2) is 0 Å². The number of unbranched alkanes of at least 4 members (excludes halogenated alkanes) is 1. The molecule has 2 N–H and O–H groups in total. The first-order valence-corrected chi connectivity index (χ1v) is 8.29. The van der Waals surface area contributed by atoms with Gasteiger partial charge in [-0.2, -0.15) is 0 Å². The SMILES string of the molecule is CCCCN1CCCCC1CNC(=O)N(C)CC(C)(C)O. The number of likely N-dealkylation sites (N-methyl/N-ethyl adjacent to an activating group) is 1. The summed E-state index contributed by atoms with van der Waals surface area (Å²) in [4.78, 5) is 16.1. The first-order valence-electron chi connectivity index (χ1n) is 8.29. The first-order chi connectivity index (χ1) is 9.83. The van der Waals surface area contributed by atoms with Crippen LogP contribution in [0, 0.1) is 0 Å². The maximum absolute atomic E-state index is 12.1. The summed E-state index contributed by atoms with van der Waals surface area (Å²) in [6.07, 6.45) is 6.13. The van der Waals surface area contributed by atoms with Crippen LogP contribution in [0.3, 0.4) is 0 Å². The summed E-state index contributed by atoms with van der Waals surface area (Å²) in [5.41, 5.74) is -0.857. The molecule has 0 saturated carbocycles. The second-order valence-electron chi connectivity index (χ2n) is 6.89. The summed E-state index contributed by atoms with van der Waals surface area (Å²) in [6, 6.07) is 0.364. The molecule has 1 saturated heterocycles. The number of carbonyl (C=O) groups is 1. The number of carbonyl (C=O) groups excluding carboxylic acids is 1. The number of piperidine rings is 1. The number of urea groups is 1. The molecule has 1 rings (SSSR count). The van der Waals surface area contributed by atoms with Crippen LogP contribution in [0.15, 0.2) is 0 Å². The zero-order valence-corrected chi connectivity index (χ0v) is 14.2. The first kappa shape index (κ1) is 18.2. The van der Waals surface area contributed by atoms with Gasteiger partial charge in [0.1, 0.15) is 0 Å². The van der Waals surface area contributed by atoms with Crippen LogP contribution in [-0.2, 0) is 0 Å². The lowest BCUT2D eigenvalue weighted by molar-refractivity contribution is 0.0526. The molecule has 0 aromatic carbocycles. The second kappa shape index (κ2) is 8.59. The molecular formula is C16H33N3O2. The normalized spacial score (nSPS) is 20.3. The van der Waals surface area contributed by atoms with Crippen molar-refractivity contribution in [3.05, 3.63) is 0 Å². The van der Waals surface area contributed by atoms with Crippen LogP contribution in [-0.4, -0.2) is 65.8 Å². The molecular weight excluding hydrogens is 266 g/mol. The van der Waals surface area contributed by atoms with Crippen LogP contribution in [0.4, 0.5) is 4.79 Å². The number of rotatable bonds is 7. The summed E-state index contributed by atoms with van der Waals surface area (Å²) in [5.74, 6) is 0. The van der Waals surface area contributed by atoms with Crippen LogP contribution in [0.25, 0.3) is 0 Å². The standard InChI is InChI=1S/C16H33N3O2/c1-5-6-10-19-11-8-7-9-14(19)12-17-15(20)18(4)13-16(2,3)21/h14,21H,5-13H2,1-4H3,(H,17,20). The van der Waals surface area contributed by atoms with Gasteiger partial charge in [-0.3, -0.25) is 4.90 Å². The molecule has 0 bridgehead atoms. The zero-order valence-electron chi connectivity index (χ0n) is 14.2. The van der Waals surface area contributed by atoms with Gasteiger partial charge in [0.25, 0.3) is 0 Å². The molecule has 0 radical (unpaired) electrons. The average Bonchev–Trinajstić information content (AvgIpc) is 2.41. The molecule has 1 aliphatic heterocycles. The van der Waals surface area contributed by atoms with E-state index in [-0.39, 0.29) is 6.03 Å². The van der Waals surface area contributed by atoms with Crippen molar-refractivity contribution in [3.8, 4) is 0 Å². The van der Waals surface area contributed by atoms with Crippen molar-refractivity contribution < 1.29 is 9.90 Å². The van der Waals surface area contributed by atoms with Gasteiger partial charge in [0, 0.05) is 19.6 Å². The number of hydrogen-bond acceptors (Lipinski definition) is 3. The lowest BCUT2D eigenvalue weighted by Gasteiger charge is -2.36. The van der Waals surface area contributed by atoms with Crippen molar-refractivity contribution in [3.63, 3.8) is 0 Å². The van der Waals surface area contributed by atoms with Gasteiger partial charge >= 0.3 is 6.03 Å². The van der Waals surface area contributed by atoms with Crippen molar-refractivity contribution in [2.45, 2.75) is 64.5 Å². The Kier molecular flexibility index (Phi) is 7.46. The van der Waals surface area contributed by atoms with Gasteiger partial charge in [0.05, 0.1) is 12.1 Å². The second-order valence-corrected chi connectivity index (χ2v) is 6.89. The molecule has 21 heavy (non-hydrogen) atoms. The Bertz CT molecular complexity index is 315. The fourth-order valence-corrected chi connectivity index (χ4v) is 2.94. The van der Waals surface area contributed by atoms with Crippen molar-refractivity contribution >= 4 is 6.03 Å². The quantitative estimate of drug-likeness (QED) is 0.756. The highest BCUT2D eigenvalue weighted by Crippen LogP contribution is 2.17. The van der Waals surface area contributed by atoms with E-state index in [1.54, 1.807) is 25.8 Å². The highest BCUT2D eigenvalue weighted by atomic mass is 16.3. The van der Waals surface area contributed by atoms with E-state index < -0.39 is 5.60 Å². The Morgan fingerprint density at radius 2 is 2.14 bits per heavy atom. The van der Waals surface area contributed by atoms with Crippen LogP contribution in [0.2, 0.25) is 0 Å². The lowest BCUT2D eigenvalue weighted by atomic mass is 10.0. The minimum absolute atomic E-state index is 0.0989. The molecule has 0 aromatic heterocycles. The van der Waals surface area contributed by atoms with Gasteiger partial charge < -0.3 is 15.3 Å². The number of likely N-dealkylation sites (tertiary alicyclic amines) is 1. The number of hydrogen-bond donors (Lipinski definition) is 2. The predicted molar refractivity (Wildman–Crippen MR) is 86.4 cm³/mol. The monoisotopic (exact) mass is 299 g/mol. The van der Waals surface area contributed by atoms with E-state index in [2.05, 4.69) is 17.1 Å². The van der Waals surface area contributed by atoms with Gasteiger partial charge in [0.2, 0.25) is 0 Å². The molecule has 0 aromatic rings. The third-order valence-electron chi connectivity index (χ3n) is 4.01. The van der Waals surface area contributed by atoms with E-state index in [0.717, 1.165) is 13.1 Å². The molecule has 1 aliphatic rings. The molecule has 1 atom stereocenters. The van der Waals surface area contributed by atoms with Gasteiger partial charge in [-0.1, -0.05) is 19.8 Å². The maximum Gasteiger partial charge on any atom is 0.317 e. The molecule has 1 fully saturated rings. The number of nitrogens with zero attached hydrogens (tertiary/aromatic N) is 2. The summed E-state index contributed by atoms with van der Waals surface area (Å²) < 4.78 is 0. The molecule has 0 aliphatic carbocycles. The molecule has 2 amide bonds. The molecule has 5 heteroatoms. The van der Waals surface area contributed by atoms with Crippen LogP contribution < -0.4 is 5.32 Å². The van der Waals surface area contributed by atoms with Crippen molar-refractivity contribution in [1.82, 2.24) is 15.1 Å². The fraction of sp³-hybridized carbons (Fsp3) is 0.938. The summed E-state index contributed by atoms with van der Waals surface area (Å²) >= 11 is 0. The molecule has 124 valence electrons. The summed E-state index contributed by atoms with van der Waals surface area (Å²) in [6.45, 7) is 8.97. The van der Waals surface area contributed by atoms with E-state index in [9.17, 15) is 9.90 Å². The fourth-order valence-electron chi connectivity index (χ4n) is 2.94. The molecule has 0 spiro atoms. The van der Waals surface area contributed by atoms with Gasteiger partial charge in [-0.15, -0.1) is 0 Å². The predicted octanol–water partition coefficient (Wildman–Crippen LogP) is 2.05. The minimum atomic E-state index is -0.857. The molecule has 5 nitrogen and oxygen atoms in total. The Balaban J connectivity index is 2.38. The summed E-state index contributed by atoms with van der Waals surface area (Å²) in [5, 5.41) is 12.8. The van der Waals surface area contributed by atoms with Gasteiger partial charge in [-0.05, 0) is 46.2 Å². The number of nitrogens with one attached hydrogen (secondary N) is 1. The highest BCUT2D eigenvalue weighted by molar-refractivity contribution is 5.73. The third-order valence-corrected chi connectivity index (χ3v) is 4.01. The maximum atomic E-state index is 12.1. The molecule has 1 heterocycles. The Hall–Kier alpha value is -0.810. The van der Waals surface area contributed by atoms with Crippen LogP contribution in [0.5, 0.6) is 0 Å². The van der Waals surface area contributed by atoms with E-state index >= 15 is 0 Å². The molecule has 1 unspecified atom stereocenters. The Morgan fingerprint density at radius 3 is 2.76 bits per heavy atom.